The molecule has 3 nitrogen and oxygen atoms in total. The molecule has 2 rings (SSSR count). The molecule has 0 spiro atoms. The third kappa shape index (κ3) is 3.34. The summed E-state index contributed by atoms with van der Waals surface area (Å²) < 4.78 is 42.0. The Kier molecular flexibility index (Phi) is 4.42. The molecule has 2 saturated carbocycles. The SMILES string of the molecule is C=C(C(=O)OC1CCC2C(N)CCCC2C1)C(F)(F)F. The number of hydrogen-bond donors (Lipinski definition) is 1. The van der Waals surface area contributed by atoms with Crippen LogP contribution in [-0.4, -0.2) is 24.3 Å². The summed E-state index contributed by atoms with van der Waals surface area (Å²) in [5.74, 6) is -0.560. The summed E-state index contributed by atoms with van der Waals surface area (Å²) in [7, 11) is 0. The lowest BCUT2D eigenvalue weighted by Crippen LogP contribution is -2.44. The van der Waals surface area contributed by atoms with Crippen LogP contribution in [0.5, 0.6) is 0 Å². The predicted molar refractivity (Wildman–Crippen MR) is 67.7 cm³/mol. The Morgan fingerprint density at radius 1 is 1.20 bits per heavy atom. The van der Waals surface area contributed by atoms with Crippen LogP contribution in [0.3, 0.4) is 0 Å². The van der Waals surface area contributed by atoms with Crippen LogP contribution >= 0.6 is 0 Å². The number of halogens is 3. The maximum Gasteiger partial charge on any atom is 0.422 e. The monoisotopic (exact) mass is 291 g/mol. The maximum absolute atomic E-state index is 12.4. The van der Waals surface area contributed by atoms with Crippen LogP contribution in [0.4, 0.5) is 13.2 Å². The Balaban J connectivity index is 1.90. The van der Waals surface area contributed by atoms with Crippen molar-refractivity contribution in [1.82, 2.24) is 0 Å². The third-order valence-electron chi connectivity index (χ3n) is 4.52. The van der Waals surface area contributed by atoms with E-state index in [-0.39, 0.29) is 6.04 Å². The topological polar surface area (TPSA) is 52.3 Å². The fourth-order valence-corrected chi connectivity index (χ4v) is 3.42. The molecule has 2 fully saturated rings. The van der Waals surface area contributed by atoms with Crippen LogP contribution in [0.1, 0.15) is 38.5 Å². The molecule has 0 aromatic carbocycles. The van der Waals surface area contributed by atoms with Crippen LogP contribution < -0.4 is 5.73 Å². The second-order valence-corrected chi connectivity index (χ2v) is 5.84. The number of ether oxygens (including phenoxy) is 1. The van der Waals surface area contributed by atoms with Crippen LogP contribution in [0.2, 0.25) is 0 Å². The minimum atomic E-state index is -4.72. The minimum Gasteiger partial charge on any atom is -0.459 e. The zero-order valence-electron chi connectivity index (χ0n) is 11.3. The fraction of sp³-hybridized carbons (Fsp3) is 0.786. The molecule has 0 saturated heterocycles. The van der Waals surface area contributed by atoms with Gasteiger partial charge in [0.05, 0.1) is 0 Å². The molecule has 0 amide bonds. The highest BCUT2D eigenvalue weighted by molar-refractivity contribution is 5.89. The molecule has 2 aliphatic rings. The van der Waals surface area contributed by atoms with Gasteiger partial charge in [0.2, 0.25) is 0 Å². The van der Waals surface area contributed by atoms with E-state index in [9.17, 15) is 18.0 Å². The smallest absolute Gasteiger partial charge is 0.422 e. The van der Waals surface area contributed by atoms with Crippen molar-refractivity contribution in [2.24, 2.45) is 17.6 Å². The van der Waals surface area contributed by atoms with E-state index >= 15 is 0 Å². The molecular weight excluding hydrogens is 271 g/mol. The highest BCUT2D eigenvalue weighted by Gasteiger charge is 2.41. The van der Waals surface area contributed by atoms with E-state index in [1.54, 1.807) is 0 Å². The number of esters is 1. The number of rotatable bonds is 2. The highest BCUT2D eigenvalue weighted by Crippen LogP contribution is 2.41. The van der Waals surface area contributed by atoms with Crippen LogP contribution in [0, 0.1) is 11.8 Å². The van der Waals surface area contributed by atoms with Gasteiger partial charge >= 0.3 is 12.1 Å². The largest absolute Gasteiger partial charge is 0.459 e. The van der Waals surface area contributed by atoms with E-state index < -0.39 is 23.8 Å². The van der Waals surface area contributed by atoms with E-state index in [2.05, 4.69) is 6.58 Å². The first-order chi connectivity index (χ1) is 9.29. The first-order valence-corrected chi connectivity index (χ1v) is 7.01. The summed E-state index contributed by atoms with van der Waals surface area (Å²) in [6.07, 6.45) is -0.0558. The molecule has 6 heteroatoms. The summed E-state index contributed by atoms with van der Waals surface area (Å²) in [6.45, 7) is 2.77. The molecule has 4 unspecified atom stereocenters. The summed E-state index contributed by atoms with van der Waals surface area (Å²) in [6, 6.07) is 0.176. The van der Waals surface area contributed by atoms with E-state index in [0.29, 0.717) is 24.7 Å². The minimum absolute atomic E-state index is 0.176. The van der Waals surface area contributed by atoms with E-state index in [1.165, 1.54) is 0 Å². The summed E-state index contributed by atoms with van der Waals surface area (Å²) >= 11 is 0. The molecule has 0 heterocycles. The molecule has 0 aromatic rings. The molecule has 0 aromatic heterocycles. The lowest BCUT2D eigenvalue weighted by molar-refractivity contribution is -0.158. The lowest BCUT2D eigenvalue weighted by atomic mass is 9.68. The van der Waals surface area contributed by atoms with Crippen molar-refractivity contribution in [3.63, 3.8) is 0 Å². The molecule has 0 radical (unpaired) electrons. The van der Waals surface area contributed by atoms with Crippen LogP contribution in [0.25, 0.3) is 0 Å². The van der Waals surface area contributed by atoms with Crippen molar-refractivity contribution in [3.8, 4) is 0 Å². The zero-order chi connectivity index (χ0) is 14.9. The predicted octanol–water partition coefficient (Wildman–Crippen LogP) is 2.94. The Morgan fingerprint density at radius 3 is 2.55 bits per heavy atom. The molecule has 4 atom stereocenters. The Labute approximate surface area is 116 Å². The average molecular weight is 291 g/mol. The van der Waals surface area contributed by atoms with E-state index in [1.807, 2.05) is 0 Å². The normalized spacial score (nSPS) is 34.2. The molecule has 0 bridgehead atoms. The molecular formula is C14H20F3NO2. The standard InChI is InChI=1S/C14H20F3NO2/c1-8(14(15,16)17)13(19)20-10-5-6-11-9(7-10)3-2-4-12(11)18/h9-12H,1-7,18H2. The van der Waals surface area contributed by atoms with Gasteiger partial charge in [0, 0.05) is 6.04 Å². The van der Waals surface area contributed by atoms with Gasteiger partial charge in [0.1, 0.15) is 11.7 Å². The highest BCUT2D eigenvalue weighted by atomic mass is 19.4. The van der Waals surface area contributed by atoms with Gasteiger partial charge < -0.3 is 10.5 Å². The number of nitrogens with two attached hydrogens (primary N) is 1. The Bertz CT molecular complexity index is 394. The van der Waals surface area contributed by atoms with Crippen LogP contribution in [0.15, 0.2) is 12.2 Å². The Hall–Kier alpha value is -1.04. The van der Waals surface area contributed by atoms with Gasteiger partial charge in [-0.3, -0.25) is 0 Å². The van der Waals surface area contributed by atoms with Crippen molar-refractivity contribution >= 4 is 5.97 Å². The van der Waals surface area contributed by atoms with Gasteiger partial charge in [-0.05, 0) is 43.9 Å². The van der Waals surface area contributed by atoms with E-state index in [0.717, 1.165) is 25.7 Å². The number of hydrogen-bond acceptors (Lipinski definition) is 3. The van der Waals surface area contributed by atoms with Gasteiger partial charge in [-0.15, -0.1) is 0 Å². The quantitative estimate of drug-likeness (QED) is 0.628. The number of carbonyl (C=O) groups is 1. The summed E-state index contributed by atoms with van der Waals surface area (Å²) in [4.78, 5) is 11.4. The van der Waals surface area contributed by atoms with Gasteiger partial charge in [-0.25, -0.2) is 4.79 Å². The van der Waals surface area contributed by atoms with Crippen molar-refractivity contribution in [3.05, 3.63) is 12.2 Å². The number of alkyl halides is 3. The van der Waals surface area contributed by atoms with Crippen molar-refractivity contribution in [2.75, 3.05) is 0 Å². The van der Waals surface area contributed by atoms with Gasteiger partial charge in [0.25, 0.3) is 0 Å². The summed E-state index contributed by atoms with van der Waals surface area (Å²) in [5, 5.41) is 0. The second kappa shape index (κ2) is 5.76. The van der Waals surface area contributed by atoms with Gasteiger partial charge in [0.15, 0.2) is 0 Å². The van der Waals surface area contributed by atoms with Crippen LogP contribution in [-0.2, 0) is 9.53 Å². The van der Waals surface area contributed by atoms with E-state index in [4.69, 9.17) is 10.5 Å². The van der Waals surface area contributed by atoms with Crippen molar-refractivity contribution < 1.29 is 22.7 Å². The van der Waals surface area contributed by atoms with Crippen molar-refractivity contribution in [1.29, 1.82) is 0 Å². The second-order valence-electron chi connectivity index (χ2n) is 5.84. The summed E-state index contributed by atoms with van der Waals surface area (Å²) in [5.41, 5.74) is 4.64. The molecule has 2 aliphatic carbocycles. The first-order valence-electron chi connectivity index (χ1n) is 7.01. The molecule has 114 valence electrons. The molecule has 2 N–H and O–H groups in total. The molecule has 0 aliphatic heterocycles. The van der Waals surface area contributed by atoms with Gasteiger partial charge in [-0.1, -0.05) is 13.0 Å². The lowest BCUT2D eigenvalue weighted by Gasteiger charge is -2.42. The maximum atomic E-state index is 12.4. The number of carbonyl (C=O) groups excluding carboxylic acids is 1. The fourth-order valence-electron chi connectivity index (χ4n) is 3.42. The first kappa shape index (κ1) is 15.4. The average Bonchev–Trinajstić information content (AvgIpc) is 2.37. The zero-order valence-corrected chi connectivity index (χ0v) is 11.3. The Morgan fingerprint density at radius 2 is 1.90 bits per heavy atom. The third-order valence-corrected chi connectivity index (χ3v) is 4.52. The number of fused-ring (bicyclic) bond motifs is 1. The molecule has 20 heavy (non-hydrogen) atoms. The van der Waals surface area contributed by atoms with Gasteiger partial charge in [-0.2, -0.15) is 13.2 Å². The van der Waals surface area contributed by atoms with Crippen molar-refractivity contribution in [2.45, 2.75) is 56.8 Å².